The van der Waals surface area contributed by atoms with E-state index in [0.717, 1.165) is 44.2 Å². The molecule has 142 valence electrons. The van der Waals surface area contributed by atoms with Crippen molar-refractivity contribution in [2.75, 3.05) is 40.0 Å². The Labute approximate surface area is 167 Å². The Morgan fingerprint density at radius 2 is 2.24 bits per heavy atom. The van der Waals surface area contributed by atoms with E-state index in [-0.39, 0.29) is 29.7 Å². The summed E-state index contributed by atoms with van der Waals surface area (Å²) in [5, 5.41) is 13.1. The summed E-state index contributed by atoms with van der Waals surface area (Å²) in [5.41, 5.74) is 1.00. The van der Waals surface area contributed by atoms with Crippen LogP contribution in [0.15, 0.2) is 23.2 Å². The number of guanidine groups is 1. The van der Waals surface area contributed by atoms with Gasteiger partial charge in [0.2, 0.25) is 0 Å². The topological polar surface area (TPSA) is 66.3 Å². The van der Waals surface area contributed by atoms with Gasteiger partial charge < -0.3 is 24.8 Å². The van der Waals surface area contributed by atoms with Gasteiger partial charge in [-0.3, -0.25) is 0 Å². The lowest BCUT2D eigenvalue weighted by molar-refractivity contribution is 0.181. The van der Waals surface area contributed by atoms with Crippen LogP contribution in [-0.4, -0.2) is 55.9 Å². The predicted molar refractivity (Wildman–Crippen MR) is 111 cm³/mol. The number of nitrogens with one attached hydrogen (secondary N) is 1. The Balaban J connectivity index is 0.00000312. The van der Waals surface area contributed by atoms with E-state index in [2.05, 4.69) is 24.2 Å². The average Bonchev–Trinajstić information content (AvgIpc) is 3.07. The average molecular weight is 463 g/mol. The molecule has 2 N–H and O–H groups in total. The van der Waals surface area contributed by atoms with E-state index in [0.29, 0.717) is 24.8 Å². The van der Waals surface area contributed by atoms with Gasteiger partial charge in [-0.1, -0.05) is 6.07 Å². The maximum absolute atomic E-state index is 9.78. The van der Waals surface area contributed by atoms with Crippen LogP contribution in [0.2, 0.25) is 0 Å². The fraction of sp³-hybridized carbons (Fsp3) is 0.611. The number of phenolic OH excluding ortho intramolecular Hbond substituents is 1. The molecule has 0 aliphatic carbocycles. The highest BCUT2D eigenvalue weighted by atomic mass is 127. The minimum atomic E-state index is 0. The van der Waals surface area contributed by atoms with Gasteiger partial charge in [0.1, 0.15) is 0 Å². The molecule has 0 amide bonds. The first kappa shape index (κ1) is 21.8. The van der Waals surface area contributed by atoms with Gasteiger partial charge in [-0.05, 0) is 38.0 Å². The zero-order valence-electron chi connectivity index (χ0n) is 15.3. The number of benzene rings is 1. The van der Waals surface area contributed by atoms with Crippen molar-refractivity contribution < 1.29 is 14.6 Å². The molecule has 0 bridgehead atoms. The quantitative estimate of drug-likeness (QED) is 0.370. The highest BCUT2D eigenvalue weighted by Gasteiger charge is 2.19. The number of nitrogens with zero attached hydrogens (tertiary/aromatic N) is 2. The number of ether oxygens (including phenoxy) is 2. The molecule has 1 aromatic carbocycles. The normalized spacial score (nSPS) is 17.1. The molecule has 25 heavy (non-hydrogen) atoms. The van der Waals surface area contributed by atoms with Crippen LogP contribution < -0.4 is 10.1 Å². The predicted octanol–water partition coefficient (Wildman–Crippen LogP) is 2.84. The van der Waals surface area contributed by atoms with Crippen molar-refractivity contribution >= 4 is 29.9 Å². The van der Waals surface area contributed by atoms with Crippen LogP contribution in [-0.2, 0) is 11.3 Å². The van der Waals surface area contributed by atoms with Gasteiger partial charge in [-0.15, -0.1) is 24.0 Å². The van der Waals surface area contributed by atoms with Crippen molar-refractivity contribution in [3.8, 4) is 11.5 Å². The highest BCUT2D eigenvalue weighted by molar-refractivity contribution is 14.0. The molecule has 0 spiro atoms. The molecular formula is C18H30IN3O3. The third-order valence-corrected chi connectivity index (χ3v) is 3.99. The summed E-state index contributed by atoms with van der Waals surface area (Å²) in [6.07, 6.45) is 1.11. The third kappa shape index (κ3) is 6.89. The van der Waals surface area contributed by atoms with E-state index in [1.807, 2.05) is 19.1 Å². The number of hydrogen-bond acceptors (Lipinski definition) is 4. The zero-order valence-corrected chi connectivity index (χ0v) is 17.7. The third-order valence-electron chi connectivity index (χ3n) is 3.99. The van der Waals surface area contributed by atoms with Crippen LogP contribution >= 0.6 is 24.0 Å². The number of phenols is 1. The van der Waals surface area contributed by atoms with Crippen LogP contribution in [0.5, 0.6) is 11.5 Å². The Morgan fingerprint density at radius 1 is 1.44 bits per heavy atom. The molecule has 1 atom stereocenters. The van der Waals surface area contributed by atoms with Gasteiger partial charge in [-0.25, -0.2) is 4.99 Å². The summed E-state index contributed by atoms with van der Waals surface area (Å²) < 4.78 is 10.9. The van der Waals surface area contributed by atoms with Crippen LogP contribution in [0, 0.1) is 5.92 Å². The SMILES string of the molecule is CCNC(=NCc1ccc(O)c(OCC)c1)N(C)CC1CCOC1.I. The second-order valence-electron chi connectivity index (χ2n) is 6.02. The van der Waals surface area contributed by atoms with Crippen LogP contribution in [0.25, 0.3) is 0 Å². The monoisotopic (exact) mass is 463 g/mol. The van der Waals surface area contributed by atoms with Crippen molar-refractivity contribution in [2.24, 2.45) is 10.9 Å². The molecule has 2 rings (SSSR count). The summed E-state index contributed by atoms with van der Waals surface area (Å²) >= 11 is 0. The van der Waals surface area contributed by atoms with Gasteiger partial charge >= 0.3 is 0 Å². The van der Waals surface area contributed by atoms with Gasteiger partial charge in [0.05, 0.1) is 19.8 Å². The first-order chi connectivity index (χ1) is 11.6. The van der Waals surface area contributed by atoms with Gasteiger partial charge in [0.15, 0.2) is 17.5 Å². The fourth-order valence-electron chi connectivity index (χ4n) is 2.76. The summed E-state index contributed by atoms with van der Waals surface area (Å²) in [7, 11) is 2.06. The van der Waals surface area contributed by atoms with Crippen molar-refractivity contribution in [1.29, 1.82) is 0 Å². The maximum atomic E-state index is 9.78. The molecule has 1 heterocycles. The lowest BCUT2D eigenvalue weighted by atomic mass is 10.1. The minimum absolute atomic E-state index is 0. The molecule has 1 fully saturated rings. The van der Waals surface area contributed by atoms with Crippen LogP contribution in [0.3, 0.4) is 0 Å². The molecule has 0 saturated carbocycles. The Hall–Kier alpha value is -1.22. The molecular weight excluding hydrogens is 433 g/mol. The molecule has 7 heteroatoms. The lowest BCUT2D eigenvalue weighted by Gasteiger charge is -2.24. The van der Waals surface area contributed by atoms with E-state index in [9.17, 15) is 5.11 Å². The second kappa shape index (κ2) is 11.4. The summed E-state index contributed by atoms with van der Waals surface area (Å²) in [4.78, 5) is 6.87. The summed E-state index contributed by atoms with van der Waals surface area (Å²) in [6.45, 7) is 8.48. The summed E-state index contributed by atoms with van der Waals surface area (Å²) in [6, 6.07) is 5.37. The Kier molecular flexibility index (Phi) is 9.96. The van der Waals surface area contributed by atoms with Gasteiger partial charge in [0, 0.05) is 32.7 Å². The molecule has 0 aromatic heterocycles. The van der Waals surface area contributed by atoms with E-state index >= 15 is 0 Å². The van der Waals surface area contributed by atoms with Crippen molar-refractivity contribution in [3.63, 3.8) is 0 Å². The van der Waals surface area contributed by atoms with E-state index in [1.54, 1.807) is 6.07 Å². The molecule has 1 aliphatic heterocycles. The lowest BCUT2D eigenvalue weighted by Crippen LogP contribution is -2.41. The highest BCUT2D eigenvalue weighted by Crippen LogP contribution is 2.27. The molecule has 0 radical (unpaired) electrons. The molecule has 1 saturated heterocycles. The standard InChI is InChI=1S/C18H29N3O3.HI/c1-4-19-18(21(3)12-15-8-9-23-13-15)20-11-14-6-7-16(22)17(10-14)24-5-2;/h6-7,10,15,22H,4-5,8-9,11-13H2,1-3H3,(H,19,20);1H. The first-order valence-electron chi connectivity index (χ1n) is 8.65. The van der Waals surface area contributed by atoms with Gasteiger partial charge in [0.25, 0.3) is 0 Å². The molecule has 6 nitrogen and oxygen atoms in total. The number of halogens is 1. The minimum Gasteiger partial charge on any atom is -0.504 e. The number of rotatable bonds is 7. The van der Waals surface area contributed by atoms with E-state index < -0.39 is 0 Å². The second-order valence-corrected chi connectivity index (χ2v) is 6.02. The van der Waals surface area contributed by atoms with Crippen molar-refractivity contribution in [2.45, 2.75) is 26.8 Å². The maximum Gasteiger partial charge on any atom is 0.193 e. The van der Waals surface area contributed by atoms with E-state index in [1.165, 1.54) is 0 Å². The molecule has 1 aliphatic rings. The van der Waals surface area contributed by atoms with E-state index in [4.69, 9.17) is 14.5 Å². The number of aliphatic imine (C=N–C) groups is 1. The first-order valence-corrected chi connectivity index (χ1v) is 8.65. The van der Waals surface area contributed by atoms with Crippen LogP contribution in [0.4, 0.5) is 0 Å². The Morgan fingerprint density at radius 3 is 2.88 bits per heavy atom. The largest absolute Gasteiger partial charge is 0.504 e. The zero-order chi connectivity index (χ0) is 17.4. The number of aromatic hydroxyl groups is 1. The number of hydrogen-bond donors (Lipinski definition) is 2. The molecule has 1 unspecified atom stereocenters. The molecule has 1 aromatic rings. The smallest absolute Gasteiger partial charge is 0.193 e. The van der Waals surface area contributed by atoms with Crippen molar-refractivity contribution in [3.05, 3.63) is 23.8 Å². The Bertz CT molecular complexity index is 548. The fourth-order valence-corrected chi connectivity index (χ4v) is 2.76. The van der Waals surface area contributed by atoms with Gasteiger partial charge in [-0.2, -0.15) is 0 Å². The summed E-state index contributed by atoms with van der Waals surface area (Å²) in [5.74, 6) is 2.12. The van der Waals surface area contributed by atoms with Crippen molar-refractivity contribution in [1.82, 2.24) is 10.2 Å². The van der Waals surface area contributed by atoms with Crippen LogP contribution in [0.1, 0.15) is 25.8 Å².